The van der Waals surface area contributed by atoms with Crippen LogP contribution in [0, 0.1) is 5.92 Å². The van der Waals surface area contributed by atoms with Crippen LogP contribution in [-0.4, -0.2) is 33.8 Å². The van der Waals surface area contributed by atoms with Crippen LogP contribution < -0.4 is 15.4 Å². The number of carbonyl (C=O) groups is 1. The van der Waals surface area contributed by atoms with Crippen LogP contribution in [0.5, 0.6) is 5.75 Å². The molecule has 144 valence electrons. The number of ether oxygens (including phenoxy) is 1. The van der Waals surface area contributed by atoms with Gasteiger partial charge in [-0.2, -0.15) is 10.1 Å². The molecule has 0 spiro atoms. The third-order valence-corrected chi connectivity index (χ3v) is 5.20. The lowest BCUT2D eigenvalue weighted by atomic mass is 9.85. The highest BCUT2D eigenvalue weighted by Gasteiger charge is 2.42. The summed E-state index contributed by atoms with van der Waals surface area (Å²) in [6, 6.07) is 14.2. The molecule has 4 rings (SSSR count). The Balaban J connectivity index is 1.75. The Bertz CT molecular complexity index is 988. The Morgan fingerprint density at radius 1 is 1.21 bits per heavy atom. The van der Waals surface area contributed by atoms with Crippen molar-refractivity contribution in [2.75, 3.05) is 17.7 Å². The van der Waals surface area contributed by atoms with Crippen LogP contribution in [0.15, 0.2) is 54.9 Å². The minimum atomic E-state index is -0.443. The fourth-order valence-electron chi connectivity index (χ4n) is 3.64. The minimum absolute atomic E-state index is 0.126. The van der Waals surface area contributed by atoms with Crippen molar-refractivity contribution in [3.8, 4) is 5.75 Å². The molecule has 2 heterocycles. The molecule has 1 aliphatic heterocycles. The Morgan fingerprint density at radius 3 is 2.71 bits per heavy atom. The lowest BCUT2D eigenvalue weighted by molar-refractivity contribution is -0.121. The van der Waals surface area contributed by atoms with Gasteiger partial charge in [0.25, 0.3) is 0 Å². The van der Waals surface area contributed by atoms with Gasteiger partial charge in [0, 0.05) is 22.3 Å². The first kappa shape index (κ1) is 18.3. The molecule has 8 heteroatoms. The van der Waals surface area contributed by atoms with Crippen molar-refractivity contribution in [2.45, 2.75) is 19.0 Å². The maximum absolute atomic E-state index is 13.3. The molecule has 0 fully saturated rings. The Kier molecular flexibility index (Phi) is 4.92. The highest BCUT2D eigenvalue weighted by molar-refractivity contribution is 6.30. The Morgan fingerprint density at radius 2 is 1.96 bits per heavy atom. The van der Waals surface area contributed by atoms with E-state index in [0.717, 1.165) is 5.56 Å². The lowest BCUT2D eigenvalue weighted by Crippen LogP contribution is -2.46. The van der Waals surface area contributed by atoms with Crippen molar-refractivity contribution in [3.05, 3.63) is 65.4 Å². The molecule has 0 aliphatic carbocycles. The van der Waals surface area contributed by atoms with Crippen LogP contribution in [0.4, 0.5) is 11.6 Å². The second kappa shape index (κ2) is 7.52. The number of para-hydroxylation sites is 1. The monoisotopic (exact) mass is 397 g/mol. The first-order valence-corrected chi connectivity index (χ1v) is 9.31. The van der Waals surface area contributed by atoms with Gasteiger partial charge in [0.05, 0.1) is 19.1 Å². The molecular weight excluding hydrogens is 378 g/mol. The summed E-state index contributed by atoms with van der Waals surface area (Å²) >= 11 is 5.95. The molecule has 2 N–H and O–H groups in total. The van der Waals surface area contributed by atoms with E-state index in [-0.39, 0.29) is 18.0 Å². The maximum atomic E-state index is 13.3. The highest BCUT2D eigenvalue weighted by atomic mass is 35.5. The Hall–Kier alpha value is -3.06. The number of nitrogens with zero attached hydrogens (tertiary/aromatic N) is 3. The zero-order chi connectivity index (χ0) is 19.7. The van der Waals surface area contributed by atoms with E-state index >= 15 is 0 Å². The smallest absolute Gasteiger partial charge is 0.232 e. The Labute approximate surface area is 167 Å². The predicted octanol–water partition coefficient (Wildman–Crippen LogP) is 3.60. The third-order valence-electron chi connectivity index (χ3n) is 4.94. The molecule has 1 aromatic heterocycles. The molecule has 0 radical (unpaired) electrons. The van der Waals surface area contributed by atoms with Crippen molar-refractivity contribution >= 4 is 29.1 Å². The molecule has 2 aromatic carbocycles. The third kappa shape index (κ3) is 3.29. The van der Waals surface area contributed by atoms with Gasteiger partial charge in [0.15, 0.2) is 0 Å². The molecule has 3 aromatic rings. The predicted molar refractivity (Wildman–Crippen MR) is 108 cm³/mol. The van der Waals surface area contributed by atoms with Crippen molar-refractivity contribution in [1.29, 1.82) is 0 Å². The van der Waals surface area contributed by atoms with Gasteiger partial charge < -0.3 is 15.4 Å². The summed E-state index contributed by atoms with van der Waals surface area (Å²) in [5.74, 6) is 0.756. The van der Waals surface area contributed by atoms with Crippen molar-refractivity contribution < 1.29 is 9.53 Å². The van der Waals surface area contributed by atoms with Gasteiger partial charge in [0.1, 0.15) is 12.1 Å². The van der Waals surface area contributed by atoms with Crippen LogP contribution in [0.25, 0.3) is 0 Å². The number of hydrogen-bond donors (Lipinski definition) is 2. The average molecular weight is 398 g/mol. The summed E-state index contributed by atoms with van der Waals surface area (Å²) < 4.78 is 7.30. The van der Waals surface area contributed by atoms with E-state index in [1.54, 1.807) is 36.1 Å². The molecule has 0 unspecified atom stereocenters. The lowest BCUT2D eigenvalue weighted by Gasteiger charge is -2.37. The normalized spacial score (nSPS) is 20.8. The molecule has 28 heavy (non-hydrogen) atoms. The summed E-state index contributed by atoms with van der Waals surface area (Å²) in [5.41, 5.74) is 1.56. The molecule has 3 atom stereocenters. The number of amides is 1. The van der Waals surface area contributed by atoms with E-state index < -0.39 is 5.92 Å². The van der Waals surface area contributed by atoms with Crippen molar-refractivity contribution in [3.63, 3.8) is 0 Å². The fraction of sp³-hybridized carbons (Fsp3) is 0.250. The summed E-state index contributed by atoms with van der Waals surface area (Å²) in [7, 11) is 1.62. The van der Waals surface area contributed by atoms with E-state index in [1.165, 1.54) is 6.33 Å². The van der Waals surface area contributed by atoms with Crippen LogP contribution >= 0.6 is 11.6 Å². The largest absolute Gasteiger partial charge is 0.496 e. The number of hydrogen-bond acceptors (Lipinski definition) is 5. The summed E-state index contributed by atoms with van der Waals surface area (Å²) in [6.07, 6.45) is 1.48. The van der Waals surface area contributed by atoms with E-state index in [4.69, 9.17) is 16.3 Å². The number of aromatic nitrogens is 3. The average Bonchev–Trinajstić information content (AvgIpc) is 3.16. The summed E-state index contributed by atoms with van der Waals surface area (Å²) in [4.78, 5) is 17.6. The van der Waals surface area contributed by atoms with Crippen LogP contribution in [-0.2, 0) is 4.79 Å². The van der Waals surface area contributed by atoms with Crippen molar-refractivity contribution in [1.82, 2.24) is 14.8 Å². The topological polar surface area (TPSA) is 81.1 Å². The molecule has 1 amide bonds. The van der Waals surface area contributed by atoms with Crippen LogP contribution in [0.2, 0.25) is 5.02 Å². The number of rotatable bonds is 4. The molecule has 7 nitrogen and oxygen atoms in total. The molecular formula is C20H20ClN5O2. The standard InChI is InChI=1S/C20H20ClN5O2/c1-12-17(19(27)25-14-9-7-13(21)8-10-14)18(26-20(24-12)22-11-23-26)15-5-3-4-6-16(15)28-2/h3-12,17-18H,1-2H3,(H,25,27)(H,22,23,24)/t12-,17+,18-/m1/s1. The minimum Gasteiger partial charge on any atom is -0.496 e. The number of anilines is 2. The van der Waals surface area contributed by atoms with E-state index in [9.17, 15) is 4.79 Å². The summed E-state index contributed by atoms with van der Waals surface area (Å²) in [5, 5.41) is 11.2. The van der Waals surface area contributed by atoms with Gasteiger partial charge in [-0.1, -0.05) is 29.8 Å². The molecule has 0 saturated heterocycles. The number of nitrogens with one attached hydrogen (secondary N) is 2. The fourth-order valence-corrected chi connectivity index (χ4v) is 3.77. The van der Waals surface area contributed by atoms with Gasteiger partial charge in [-0.3, -0.25) is 4.79 Å². The van der Waals surface area contributed by atoms with E-state index in [0.29, 0.717) is 22.4 Å². The first-order chi connectivity index (χ1) is 13.6. The zero-order valence-corrected chi connectivity index (χ0v) is 16.2. The zero-order valence-electron chi connectivity index (χ0n) is 15.5. The second-order valence-electron chi connectivity index (χ2n) is 6.67. The summed E-state index contributed by atoms with van der Waals surface area (Å²) in [6.45, 7) is 1.96. The quantitative estimate of drug-likeness (QED) is 0.703. The number of carbonyl (C=O) groups excluding carboxylic acids is 1. The molecule has 0 bridgehead atoms. The van der Waals surface area contributed by atoms with Gasteiger partial charge in [0.2, 0.25) is 11.9 Å². The van der Waals surface area contributed by atoms with Gasteiger partial charge >= 0.3 is 0 Å². The van der Waals surface area contributed by atoms with Crippen molar-refractivity contribution in [2.24, 2.45) is 5.92 Å². The number of methoxy groups -OCH3 is 1. The van der Waals surface area contributed by atoms with Gasteiger partial charge in [-0.05, 0) is 37.3 Å². The van der Waals surface area contributed by atoms with E-state index in [2.05, 4.69) is 20.7 Å². The SMILES string of the molecule is COc1ccccc1[C@@H]1[C@@H](C(=O)Nc2ccc(Cl)cc2)[C@@H](C)Nc2ncnn21. The first-order valence-electron chi connectivity index (χ1n) is 8.94. The number of benzene rings is 2. The van der Waals surface area contributed by atoms with Gasteiger partial charge in [-0.15, -0.1) is 0 Å². The number of halogens is 1. The van der Waals surface area contributed by atoms with Crippen LogP contribution in [0.3, 0.4) is 0 Å². The van der Waals surface area contributed by atoms with E-state index in [1.807, 2.05) is 31.2 Å². The maximum Gasteiger partial charge on any atom is 0.232 e. The molecule has 0 saturated carbocycles. The van der Waals surface area contributed by atoms with Crippen LogP contribution in [0.1, 0.15) is 18.5 Å². The second-order valence-corrected chi connectivity index (χ2v) is 7.11. The van der Waals surface area contributed by atoms with Gasteiger partial charge in [-0.25, -0.2) is 4.68 Å². The highest BCUT2D eigenvalue weighted by Crippen LogP contribution is 2.40. The number of fused-ring (bicyclic) bond motifs is 1. The molecule has 1 aliphatic rings.